The molecule has 0 aliphatic carbocycles. The van der Waals surface area contributed by atoms with Crippen LogP contribution in [0.25, 0.3) is 0 Å². The Morgan fingerprint density at radius 3 is 1.12 bits per heavy atom. The van der Waals surface area contributed by atoms with E-state index in [-0.39, 0.29) is 58.5 Å². The number of nitrogens with one attached hydrogen (secondary N) is 2. The van der Waals surface area contributed by atoms with E-state index in [9.17, 15) is 39.6 Å². The molecule has 60 heavy (non-hydrogen) atoms. The first kappa shape index (κ1) is 47.7. The largest absolute Gasteiger partial charge is 0.508 e. The maximum atomic E-state index is 14.1. The van der Waals surface area contributed by atoms with E-state index < -0.39 is 35.9 Å². The molecular formula is C48H60N2O8S2. The molecule has 0 aliphatic heterocycles. The van der Waals surface area contributed by atoms with Crippen LogP contribution in [-0.4, -0.2) is 66.8 Å². The van der Waals surface area contributed by atoms with Gasteiger partial charge in [0.1, 0.15) is 23.6 Å². The minimum atomic E-state index is -1.15. The molecule has 0 radical (unpaired) electrons. The number of aliphatic carboxylic acids is 2. The predicted molar refractivity (Wildman–Crippen MR) is 241 cm³/mol. The van der Waals surface area contributed by atoms with Crippen molar-refractivity contribution in [2.45, 2.75) is 102 Å². The van der Waals surface area contributed by atoms with Gasteiger partial charge in [0.05, 0.1) is 0 Å². The molecule has 12 heteroatoms. The zero-order chi connectivity index (χ0) is 43.6. The van der Waals surface area contributed by atoms with E-state index in [1.165, 1.54) is 24.3 Å². The number of rotatable bonds is 25. The van der Waals surface area contributed by atoms with Crippen molar-refractivity contribution in [1.82, 2.24) is 10.6 Å². The number of carboxylic acids is 2. The summed E-state index contributed by atoms with van der Waals surface area (Å²) in [5.74, 6) is -3.79. The highest BCUT2D eigenvalue weighted by molar-refractivity contribution is 8.77. The summed E-state index contributed by atoms with van der Waals surface area (Å²) in [7, 11) is 3.38. The van der Waals surface area contributed by atoms with Gasteiger partial charge in [-0.1, -0.05) is 147 Å². The van der Waals surface area contributed by atoms with E-state index in [4.69, 9.17) is 0 Å². The van der Waals surface area contributed by atoms with Crippen LogP contribution in [0.5, 0.6) is 11.5 Å². The molecule has 4 rings (SSSR count). The van der Waals surface area contributed by atoms with Gasteiger partial charge in [-0.2, -0.15) is 0 Å². The molecule has 0 saturated heterocycles. The van der Waals surface area contributed by atoms with E-state index in [1.807, 2.05) is 64.1 Å². The Bertz CT molecular complexity index is 1790. The number of aromatic hydroxyl groups is 2. The van der Waals surface area contributed by atoms with Crippen molar-refractivity contribution in [2.24, 2.45) is 23.7 Å². The van der Waals surface area contributed by atoms with Crippen molar-refractivity contribution in [1.29, 1.82) is 0 Å². The first-order chi connectivity index (χ1) is 28.8. The van der Waals surface area contributed by atoms with Crippen LogP contribution in [0.3, 0.4) is 0 Å². The molecule has 6 N–H and O–H groups in total. The van der Waals surface area contributed by atoms with Crippen molar-refractivity contribution >= 4 is 45.3 Å². The summed E-state index contributed by atoms with van der Waals surface area (Å²) < 4.78 is 0. The fourth-order valence-electron chi connectivity index (χ4n) is 7.25. The van der Waals surface area contributed by atoms with Gasteiger partial charge in [0.15, 0.2) is 0 Å². The average molecular weight is 857 g/mol. The summed E-state index contributed by atoms with van der Waals surface area (Å²) in [5, 5.41) is 45.3. The molecule has 0 heterocycles. The van der Waals surface area contributed by atoms with E-state index in [0.29, 0.717) is 36.8 Å². The van der Waals surface area contributed by atoms with Crippen molar-refractivity contribution in [3.8, 4) is 11.5 Å². The minimum Gasteiger partial charge on any atom is -0.508 e. The number of phenolic OH excluding ortho intramolecular Hbond substituents is 2. The number of carbonyl (C=O) groups excluding carboxylic acids is 2. The van der Waals surface area contributed by atoms with Gasteiger partial charge in [-0.05, 0) is 84.0 Å². The molecule has 6 unspecified atom stereocenters. The van der Waals surface area contributed by atoms with Crippen molar-refractivity contribution in [3.63, 3.8) is 0 Å². The molecule has 2 amide bonds. The summed E-state index contributed by atoms with van der Waals surface area (Å²) in [6.45, 7) is 8.10. The number of amides is 2. The topological polar surface area (TPSA) is 173 Å². The lowest BCUT2D eigenvalue weighted by atomic mass is 9.85. The molecule has 0 fully saturated rings. The maximum Gasteiger partial charge on any atom is 0.326 e. The maximum absolute atomic E-state index is 14.1. The molecular weight excluding hydrogens is 797 g/mol. The van der Waals surface area contributed by atoms with Gasteiger partial charge in [0, 0.05) is 35.2 Å². The van der Waals surface area contributed by atoms with Gasteiger partial charge < -0.3 is 31.1 Å². The molecule has 10 nitrogen and oxygen atoms in total. The molecule has 0 bridgehead atoms. The van der Waals surface area contributed by atoms with Crippen molar-refractivity contribution < 1.29 is 39.6 Å². The van der Waals surface area contributed by atoms with Gasteiger partial charge in [0.2, 0.25) is 11.8 Å². The first-order valence-electron chi connectivity index (χ1n) is 20.8. The Hall–Kier alpha value is -4.94. The standard InChI is InChI=1S/C48H60N2O8S2/c1-5-31(3)41(45(53)49-43(47(55)56)27-35-17-21-37(51)22-18-35)29-39(25-33-13-9-7-10-14-33)59-60-40(26-34-15-11-8-12-16-34)30-42(32(4)6-2)46(54)50-44(48(57)58)28-36-19-23-38(52)24-20-36/h7-24,31-32,39-44,51-52H,5-6,25-30H2,1-4H3,(H,49,53)(H,50,54)(H,55,56)(H,57,58)/t31?,32?,39?,40?,41?,42?,43-,44-/m0/s1. The van der Waals surface area contributed by atoms with Gasteiger partial charge >= 0.3 is 11.9 Å². The second-order valence-corrected chi connectivity index (χ2v) is 18.7. The summed E-state index contributed by atoms with van der Waals surface area (Å²) in [5.41, 5.74) is 3.58. The Kier molecular flexibility index (Phi) is 19.4. The van der Waals surface area contributed by atoms with Crippen LogP contribution in [0.1, 0.15) is 75.6 Å². The number of carbonyl (C=O) groups is 4. The Balaban J connectivity index is 1.59. The zero-order valence-electron chi connectivity index (χ0n) is 34.9. The monoisotopic (exact) mass is 856 g/mol. The quantitative estimate of drug-likeness (QED) is 0.0354. The molecule has 4 aromatic rings. The summed E-state index contributed by atoms with van der Waals surface area (Å²) in [6, 6.07) is 30.4. The third-order valence-electron chi connectivity index (χ3n) is 11.3. The average Bonchev–Trinajstić information content (AvgIpc) is 3.24. The lowest BCUT2D eigenvalue weighted by Crippen LogP contribution is -2.46. The van der Waals surface area contributed by atoms with E-state index in [0.717, 1.165) is 24.0 Å². The van der Waals surface area contributed by atoms with Gasteiger partial charge in [-0.25, -0.2) is 9.59 Å². The zero-order valence-corrected chi connectivity index (χ0v) is 36.5. The molecule has 0 spiro atoms. The van der Waals surface area contributed by atoms with E-state index in [1.54, 1.807) is 45.9 Å². The van der Waals surface area contributed by atoms with E-state index in [2.05, 4.69) is 34.9 Å². The highest BCUT2D eigenvalue weighted by Crippen LogP contribution is 2.41. The lowest BCUT2D eigenvalue weighted by Gasteiger charge is -2.30. The number of carboxylic acid groups (broad SMARTS) is 2. The Morgan fingerprint density at radius 2 is 0.817 bits per heavy atom. The second kappa shape index (κ2) is 24.3. The van der Waals surface area contributed by atoms with Crippen LogP contribution < -0.4 is 10.6 Å². The molecule has 0 aliphatic rings. The summed E-state index contributed by atoms with van der Waals surface area (Å²) in [4.78, 5) is 53.1. The van der Waals surface area contributed by atoms with E-state index >= 15 is 0 Å². The Morgan fingerprint density at radius 1 is 0.500 bits per heavy atom. The number of hydrogen-bond acceptors (Lipinski definition) is 8. The highest BCUT2D eigenvalue weighted by atomic mass is 33.1. The van der Waals surface area contributed by atoms with Crippen LogP contribution in [0.4, 0.5) is 0 Å². The second-order valence-electron chi connectivity index (χ2n) is 15.8. The van der Waals surface area contributed by atoms with Crippen LogP contribution in [0.2, 0.25) is 0 Å². The van der Waals surface area contributed by atoms with Gasteiger partial charge in [-0.3, -0.25) is 9.59 Å². The van der Waals surface area contributed by atoms with Crippen molar-refractivity contribution in [3.05, 3.63) is 131 Å². The van der Waals surface area contributed by atoms with Crippen molar-refractivity contribution in [2.75, 3.05) is 0 Å². The van der Waals surface area contributed by atoms with Crippen LogP contribution in [0.15, 0.2) is 109 Å². The minimum absolute atomic E-state index is 0.0423. The predicted octanol–water partition coefficient (Wildman–Crippen LogP) is 8.73. The molecule has 4 aromatic carbocycles. The molecule has 8 atom stereocenters. The third kappa shape index (κ3) is 15.6. The Labute approximate surface area is 362 Å². The highest BCUT2D eigenvalue weighted by Gasteiger charge is 2.34. The smallest absolute Gasteiger partial charge is 0.326 e. The van der Waals surface area contributed by atoms with Crippen LogP contribution in [0, 0.1) is 23.7 Å². The molecule has 322 valence electrons. The normalized spacial score (nSPS) is 15.3. The van der Waals surface area contributed by atoms with Gasteiger partial charge in [0.25, 0.3) is 0 Å². The fourth-order valence-corrected chi connectivity index (χ4v) is 10.5. The summed E-state index contributed by atoms with van der Waals surface area (Å²) >= 11 is 0. The number of hydrogen-bond donors (Lipinski definition) is 6. The summed E-state index contributed by atoms with van der Waals surface area (Å²) in [6.07, 6.45) is 3.89. The lowest BCUT2D eigenvalue weighted by molar-refractivity contribution is -0.143. The number of phenols is 2. The van der Waals surface area contributed by atoms with Crippen LogP contribution in [-0.2, 0) is 44.9 Å². The molecule has 0 aromatic heterocycles. The molecule has 0 saturated carbocycles. The third-order valence-corrected chi connectivity index (χ3v) is 14.6. The number of benzene rings is 4. The fraction of sp³-hybridized carbons (Fsp3) is 0.417. The van der Waals surface area contributed by atoms with Crippen LogP contribution >= 0.6 is 21.6 Å². The SMILES string of the molecule is CCC(C)C(CC(Cc1ccccc1)SSC(Cc1ccccc1)CC(C(=O)N[C@@H](Cc1ccc(O)cc1)C(=O)O)C(C)CC)C(=O)N[C@@H](Cc1ccc(O)cc1)C(=O)O. The first-order valence-corrected chi connectivity index (χ1v) is 23.1. The van der Waals surface area contributed by atoms with Gasteiger partial charge in [-0.15, -0.1) is 0 Å².